The molecule has 1 aromatic carbocycles. The molecule has 0 aliphatic heterocycles. The first-order valence-corrected chi connectivity index (χ1v) is 11.2. The van der Waals surface area contributed by atoms with Crippen molar-refractivity contribution in [2.75, 3.05) is 26.7 Å². The Balaban J connectivity index is 1.54. The van der Waals surface area contributed by atoms with E-state index in [1.54, 1.807) is 0 Å². The summed E-state index contributed by atoms with van der Waals surface area (Å²) in [6.07, 6.45) is 4.13. The van der Waals surface area contributed by atoms with Gasteiger partial charge in [-0.3, -0.25) is 4.99 Å². The van der Waals surface area contributed by atoms with Crippen molar-refractivity contribution >= 4 is 17.3 Å². The van der Waals surface area contributed by atoms with E-state index in [1.807, 2.05) is 56.5 Å². The second-order valence-electron chi connectivity index (χ2n) is 7.52. The number of aliphatic imine (C=N–C) groups is 1. The van der Waals surface area contributed by atoms with Crippen LogP contribution < -0.4 is 10.1 Å². The molecule has 1 heterocycles. The minimum atomic E-state index is -0.662. The quantitative estimate of drug-likeness (QED) is 0.511. The lowest BCUT2D eigenvalue weighted by Crippen LogP contribution is -2.39. The van der Waals surface area contributed by atoms with Gasteiger partial charge in [0.15, 0.2) is 5.96 Å². The Kier molecular flexibility index (Phi) is 7.89. The predicted molar refractivity (Wildman–Crippen MR) is 119 cm³/mol. The second-order valence-corrected chi connectivity index (χ2v) is 8.68. The van der Waals surface area contributed by atoms with Crippen LogP contribution in [0.25, 0.3) is 0 Å². The van der Waals surface area contributed by atoms with Crippen LogP contribution in [-0.2, 0) is 19.4 Å². The van der Waals surface area contributed by atoms with Crippen LogP contribution in [0.1, 0.15) is 40.9 Å². The number of rotatable bonds is 8. The van der Waals surface area contributed by atoms with Crippen LogP contribution in [0.3, 0.4) is 0 Å². The third-order valence-electron chi connectivity index (χ3n) is 4.84. The maximum atomic E-state index is 10.3. The molecule has 2 N–H and O–H groups in total. The third kappa shape index (κ3) is 6.44. The molecular weight excluding hydrogens is 384 g/mol. The molecule has 1 unspecified atom stereocenters. The van der Waals surface area contributed by atoms with Crippen LogP contribution in [-0.4, -0.2) is 53.8 Å². The second kappa shape index (κ2) is 10.6. The van der Waals surface area contributed by atoms with Gasteiger partial charge in [0.2, 0.25) is 0 Å². The maximum Gasteiger partial charge on any atom is 0.194 e. The van der Waals surface area contributed by atoms with Crippen molar-refractivity contribution in [2.45, 2.75) is 52.2 Å². The number of benzene rings is 1. The van der Waals surface area contributed by atoms with Gasteiger partial charge >= 0.3 is 0 Å². The van der Waals surface area contributed by atoms with Crippen molar-refractivity contribution in [1.82, 2.24) is 15.2 Å². The molecule has 1 aromatic heterocycles. The van der Waals surface area contributed by atoms with Crippen LogP contribution in [0, 0.1) is 6.92 Å². The van der Waals surface area contributed by atoms with E-state index in [2.05, 4.69) is 15.2 Å². The first-order chi connectivity index (χ1) is 14.0. The van der Waals surface area contributed by atoms with Gasteiger partial charge in [0.25, 0.3) is 0 Å². The first-order valence-electron chi connectivity index (χ1n) is 10.4. The fourth-order valence-corrected chi connectivity index (χ4v) is 4.57. The van der Waals surface area contributed by atoms with E-state index >= 15 is 0 Å². The standard InChI is InChI=1S/C22H32N4O2S/c1-4-23-22(24-13-17(27)15-28-18-9-7-8-16(2)12-18)26(3)14-21-25-19-10-5-6-11-20(19)29-21/h7-9,12,17,27H,4-6,10-11,13-15H2,1-3H3,(H,23,24). The molecule has 0 spiro atoms. The maximum absolute atomic E-state index is 10.3. The van der Waals surface area contributed by atoms with Crippen molar-refractivity contribution in [3.63, 3.8) is 0 Å². The largest absolute Gasteiger partial charge is 0.491 e. The highest BCUT2D eigenvalue weighted by atomic mass is 32.1. The van der Waals surface area contributed by atoms with E-state index in [0.717, 1.165) is 48.2 Å². The average Bonchev–Trinajstić information content (AvgIpc) is 3.11. The summed E-state index contributed by atoms with van der Waals surface area (Å²) in [7, 11) is 2.01. The Morgan fingerprint density at radius 2 is 2.21 bits per heavy atom. The van der Waals surface area contributed by atoms with Gasteiger partial charge in [0, 0.05) is 18.5 Å². The van der Waals surface area contributed by atoms with E-state index in [0.29, 0.717) is 0 Å². The Bertz CT molecular complexity index is 797. The van der Waals surface area contributed by atoms with E-state index < -0.39 is 6.10 Å². The summed E-state index contributed by atoms with van der Waals surface area (Å²) in [6, 6.07) is 7.82. The number of ether oxygens (including phenoxy) is 1. The highest BCUT2D eigenvalue weighted by Crippen LogP contribution is 2.27. The van der Waals surface area contributed by atoms with Crippen LogP contribution in [0.4, 0.5) is 0 Å². The van der Waals surface area contributed by atoms with Crippen molar-refractivity contribution < 1.29 is 9.84 Å². The zero-order chi connectivity index (χ0) is 20.6. The number of aryl methyl sites for hydroxylation is 3. The van der Waals surface area contributed by atoms with Crippen LogP contribution in [0.15, 0.2) is 29.3 Å². The molecule has 2 aromatic rings. The summed E-state index contributed by atoms with van der Waals surface area (Å²) in [5.74, 6) is 1.54. The number of nitrogens with zero attached hydrogens (tertiary/aromatic N) is 3. The van der Waals surface area contributed by atoms with Crippen molar-refractivity contribution in [3.05, 3.63) is 45.4 Å². The van der Waals surface area contributed by atoms with Crippen LogP contribution in [0.5, 0.6) is 5.75 Å². The lowest BCUT2D eigenvalue weighted by atomic mass is 10.0. The molecule has 0 saturated heterocycles. The smallest absolute Gasteiger partial charge is 0.194 e. The summed E-state index contributed by atoms with van der Waals surface area (Å²) in [5.41, 5.74) is 2.42. The SMILES string of the molecule is CCNC(=NCC(O)COc1cccc(C)c1)N(C)Cc1nc2c(s1)CCCC2. The molecule has 29 heavy (non-hydrogen) atoms. The zero-order valence-electron chi connectivity index (χ0n) is 17.6. The van der Waals surface area contributed by atoms with Gasteiger partial charge in [-0.1, -0.05) is 12.1 Å². The van der Waals surface area contributed by atoms with Gasteiger partial charge in [-0.2, -0.15) is 0 Å². The van der Waals surface area contributed by atoms with Crippen molar-refractivity contribution in [3.8, 4) is 5.75 Å². The number of aliphatic hydroxyl groups excluding tert-OH is 1. The summed E-state index contributed by atoms with van der Waals surface area (Å²) in [6.45, 7) is 6.06. The fraction of sp³-hybridized carbons (Fsp3) is 0.545. The molecule has 0 amide bonds. The number of hydrogen-bond acceptors (Lipinski definition) is 5. The molecule has 0 saturated carbocycles. The topological polar surface area (TPSA) is 70.0 Å². The van der Waals surface area contributed by atoms with E-state index in [4.69, 9.17) is 9.72 Å². The third-order valence-corrected chi connectivity index (χ3v) is 5.98. The van der Waals surface area contributed by atoms with Gasteiger partial charge in [0.05, 0.1) is 18.8 Å². The fourth-order valence-electron chi connectivity index (χ4n) is 3.36. The van der Waals surface area contributed by atoms with E-state index in [1.165, 1.54) is 23.4 Å². The van der Waals surface area contributed by atoms with E-state index in [9.17, 15) is 5.11 Å². The Morgan fingerprint density at radius 3 is 2.97 bits per heavy atom. The zero-order valence-corrected chi connectivity index (χ0v) is 18.5. The molecule has 7 heteroatoms. The van der Waals surface area contributed by atoms with Crippen molar-refractivity contribution in [1.29, 1.82) is 0 Å². The monoisotopic (exact) mass is 416 g/mol. The summed E-state index contributed by atoms with van der Waals surface area (Å²) in [4.78, 5) is 12.9. The lowest BCUT2D eigenvalue weighted by Gasteiger charge is -2.21. The molecule has 0 radical (unpaired) electrons. The number of thiazole rings is 1. The number of nitrogens with one attached hydrogen (secondary N) is 1. The lowest BCUT2D eigenvalue weighted by molar-refractivity contribution is 0.114. The van der Waals surface area contributed by atoms with Gasteiger partial charge in [0.1, 0.15) is 23.5 Å². The number of guanidine groups is 1. The Morgan fingerprint density at radius 1 is 1.38 bits per heavy atom. The Hall–Kier alpha value is -2.12. The average molecular weight is 417 g/mol. The van der Waals surface area contributed by atoms with Crippen LogP contribution in [0.2, 0.25) is 0 Å². The number of hydrogen-bond donors (Lipinski definition) is 2. The molecule has 0 bridgehead atoms. The highest BCUT2D eigenvalue weighted by Gasteiger charge is 2.17. The minimum Gasteiger partial charge on any atom is -0.491 e. The first kappa shape index (κ1) is 21.6. The predicted octanol–water partition coefficient (Wildman–Crippen LogP) is 3.17. The molecule has 1 aliphatic rings. The van der Waals surface area contributed by atoms with Gasteiger partial charge < -0.3 is 20.1 Å². The molecule has 1 atom stereocenters. The van der Waals surface area contributed by atoms with Crippen LogP contribution >= 0.6 is 11.3 Å². The number of aromatic nitrogens is 1. The van der Waals surface area contributed by atoms with Gasteiger partial charge in [-0.15, -0.1) is 11.3 Å². The number of aliphatic hydroxyl groups is 1. The van der Waals surface area contributed by atoms with Gasteiger partial charge in [-0.05, 0) is 57.2 Å². The number of fused-ring (bicyclic) bond motifs is 1. The Labute approximate surface area is 177 Å². The summed E-state index contributed by atoms with van der Waals surface area (Å²) in [5, 5.41) is 14.7. The molecule has 3 rings (SSSR count). The molecule has 158 valence electrons. The van der Waals surface area contributed by atoms with Crippen molar-refractivity contribution in [2.24, 2.45) is 4.99 Å². The molecular formula is C22H32N4O2S. The molecule has 1 aliphatic carbocycles. The minimum absolute atomic E-state index is 0.218. The normalized spacial score (nSPS) is 15.0. The summed E-state index contributed by atoms with van der Waals surface area (Å²) < 4.78 is 5.68. The summed E-state index contributed by atoms with van der Waals surface area (Å²) >= 11 is 1.83. The van der Waals surface area contributed by atoms with E-state index in [-0.39, 0.29) is 13.2 Å². The highest BCUT2D eigenvalue weighted by molar-refractivity contribution is 7.11. The molecule has 6 nitrogen and oxygen atoms in total. The molecule has 0 fully saturated rings. The van der Waals surface area contributed by atoms with Gasteiger partial charge in [-0.25, -0.2) is 4.98 Å².